The molecular formula is C24H18N6S. The van der Waals surface area contributed by atoms with E-state index in [2.05, 4.69) is 69.5 Å². The minimum atomic E-state index is -0.136. The fraction of sp³-hybridized carbons (Fsp3) is 0.0417. The van der Waals surface area contributed by atoms with E-state index in [1.165, 1.54) is 0 Å². The van der Waals surface area contributed by atoms with Gasteiger partial charge in [-0.15, -0.1) is 11.3 Å². The zero-order valence-corrected chi connectivity index (χ0v) is 17.3. The smallest absolute Gasteiger partial charge is 0.226 e. The molecule has 1 aliphatic rings. The van der Waals surface area contributed by atoms with E-state index in [0.29, 0.717) is 0 Å². The summed E-state index contributed by atoms with van der Waals surface area (Å²) in [5.41, 5.74) is 5.17. The van der Waals surface area contributed by atoms with Crippen molar-refractivity contribution in [3.63, 3.8) is 0 Å². The SMILES string of the molecule is C1=C(c2ccccc2)Nc2ncnn2C1c1cn(-c2ccccc2)nc1-c1cccs1. The maximum Gasteiger partial charge on any atom is 0.226 e. The first kappa shape index (κ1) is 17.9. The van der Waals surface area contributed by atoms with Crippen molar-refractivity contribution in [1.29, 1.82) is 0 Å². The Labute approximate surface area is 183 Å². The van der Waals surface area contributed by atoms with E-state index in [4.69, 9.17) is 5.10 Å². The van der Waals surface area contributed by atoms with E-state index in [1.54, 1.807) is 17.7 Å². The van der Waals surface area contributed by atoms with Crippen LogP contribution in [0.4, 0.5) is 5.95 Å². The second-order valence-electron chi connectivity index (χ2n) is 7.23. The van der Waals surface area contributed by atoms with Crippen LogP contribution in [0.3, 0.4) is 0 Å². The highest BCUT2D eigenvalue weighted by Crippen LogP contribution is 2.38. The Morgan fingerprint density at radius 2 is 1.71 bits per heavy atom. The highest BCUT2D eigenvalue weighted by Gasteiger charge is 2.28. The maximum absolute atomic E-state index is 4.97. The van der Waals surface area contributed by atoms with E-state index >= 15 is 0 Å². The molecule has 0 amide bonds. The Hall–Kier alpha value is -3.97. The number of allylic oxidation sites excluding steroid dienone is 1. The number of anilines is 1. The first-order chi connectivity index (χ1) is 15.4. The van der Waals surface area contributed by atoms with Gasteiger partial charge in [0.15, 0.2) is 0 Å². The van der Waals surface area contributed by atoms with Crippen molar-refractivity contribution in [2.75, 3.05) is 5.32 Å². The molecule has 0 bridgehead atoms. The number of hydrogen-bond donors (Lipinski definition) is 1. The van der Waals surface area contributed by atoms with Gasteiger partial charge in [-0.2, -0.15) is 15.2 Å². The van der Waals surface area contributed by atoms with Crippen LogP contribution in [0.25, 0.3) is 22.0 Å². The summed E-state index contributed by atoms with van der Waals surface area (Å²) in [5.74, 6) is 0.718. The highest BCUT2D eigenvalue weighted by atomic mass is 32.1. The van der Waals surface area contributed by atoms with Gasteiger partial charge < -0.3 is 5.32 Å². The minimum absolute atomic E-state index is 0.136. The predicted molar refractivity (Wildman–Crippen MR) is 123 cm³/mol. The second-order valence-corrected chi connectivity index (χ2v) is 8.18. The van der Waals surface area contributed by atoms with Gasteiger partial charge in [-0.1, -0.05) is 54.6 Å². The van der Waals surface area contributed by atoms with Crippen LogP contribution in [0, 0.1) is 0 Å². The molecule has 6 rings (SSSR count). The summed E-state index contributed by atoms with van der Waals surface area (Å²) in [7, 11) is 0. The molecule has 0 saturated carbocycles. The standard InChI is InChI=1S/C24H18N6S/c1-3-8-17(9-4-1)20-14-21(30-24(27-20)25-16-26-30)19-15-29(18-10-5-2-6-11-18)28-23(19)22-12-7-13-31-22/h1-16,21H,(H,25,26,27). The molecule has 0 fully saturated rings. The summed E-state index contributed by atoms with van der Waals surface area (Å²) in [6, 6.07) is 24.5. The number of aromatic nitrogens is 5. The summed E-state index contributed by atoms with van der Waals surface area (Å²) >= 11 is 1.69. The third-order valence-electron chi connectivity index (χ3n) is 5.33. The molecule has 6 nitrogen and oxygen atoms in total. The predicted octanol–water partition coefficient (Wildman–Crippen LogP) is 5.25. The molecule has 31 heavy (non-hydrogen) atoms. The summed E-state index contributed by atoms with van der Waals surface area (Å²) in [6.45, 7) is 0. The van der Waals surface area contributed by atoms with Crippen molar-refractivity contribution in [2.45, 2.75) is 6.04 Å². The zero-order chi connectivity index (χ0) is 20.6. The number of rotatable bonds is 4. The van der Waals surface area contributed by atoms with Crippen molar-refractivity contribution < 1.29 is 0 Å². The molecule has 1 N–H and O–H groups in total. The molecule has 1 unspecified atom stereocenters. The van der Waals surface area contributed by atoms with Gasteiger partial charge >= 0.3 is 0 Å². The third kappa shape index (κ3) is 3.15. The topological polar surface area (TPSA) is 60.6 Å². The van der Waals surface area contributed by atoms with Gasteiger partial charge in [0.05, 0.1) is 10.6 Å². The summed E-state index contributed by atoms with van der Waals surface area (Å²) in [6.07, 6.45) is 5.88. The van der Waals surface area contributed by atoms with Crippen LogP contribution >= 0.6 is 11.3 Å². The number of fused-ring (bicyclic) bond motifs is 1. The van der Waals surface area contributed by atoms with Crippen molar-refractivity contribution in [1.82, 2.24) is 24.5 Å². The van der Waals surface area contributed by atoms with Crippen LogP contribution in [0.5, 0.6) is 0 Å². The maximum atomic E-state index is 4.97. The van der Waals surface area contributed by atoms with Gasteiger partial charge in [-0.3, -0.25) is 0 Å². The van der Waals surface area contributed by atoms with Gasteiger partial charge in [0.1, 0.15) is 18.1 Å². The Kier molecular flexibility index (Phi) is 4.25. The van der Waals surface area contributed by atoms with Gasteiger partial charge in [0.25, 0.3) is 0 Å². The van der Waals surface area contributed by atoms with Crippen LogP contribution < -0.4 is 5.32 Å². The fourth-order valence-electron chi connectivity index (χ4n) is 3.86. The highest BCUT2D eigenvalue weighted by molar-refractivity contribution is 7.13. The van der Waals surface area contributed by atoms with Crippen molar-refractivity contribution in [3.05, 3.63) is 108 Å². The Morgan fingerprint density at radius 3 is 2.48 bits per heavy atom. The zero-order valence-electron chi connectivity index (χ0n) is 16.5. The molecule has 4 heterocycles. The van der Waals surface area contributed by atoms with Gasteiger partial charge in [0, 0.05) is 17.5 Å². The van der Waals surface area contributed by atoms with Crippen molar-refractivity contribution >= 4 is 23.0 Å². The average molecular weight is 423 g/mol. The molecule has 0 saturated heterocycles. The normalized spacial score (nSPS) is 15.2. The summed E-state index contributed by atoms with van der Waals surface area (Å²) < 4.78 is 3.86. The van der Waals surface area contributed by atoms with Crippen LogP contribution in [0.15, 0.2) is 96.8 Å². The molecule has 150 valence electrons. The second kappa shape index (κ2) is 7.37. The molecule has 5 aromatic rings. The van der Waals surface area contributed by atoms with E-state index < -0.39 is 0 Å². The number of nitrogens with zero attached hydrogens (tertiary/aromatic N) is 5. The monoisotopic (exact) mass is 422 g/mol. The molecule has 0 aliphatic carbocycles. The Balaban J connectivity index is 1.54. The van der Waals surface area contributed by atoms with Crippen LogP contribution in [0.1, 0.15) is 17.2 Å². The van der Waals surface area contributed by atoms with Crippen LogP contribution in [-0.4, -0.2) is 24.5 Å². The lowest BCUT2D eigenvalue weighted by Crippen LogP contribution is -2.20. The van der Waals surface area contributed by atoms with E-state index in [1.807, 2.05) is 45.8 Å². The van der Waals surface area contributed by atoms with Crippen LogP contribution in [0.2, 0.25) is 0 Å². The van der Waals surface area contributed by atoms with Gasteiger partial charge in [0.2, 0.25) is 5.95 Å². The molecular weight excluding hydrogens is 404 g/mol. The van der Waals surface area contributed by atoms with E-state index in [0.717, 1.165) is 39.0 Å². The van der Waals surface area contributed by atoms with Crippen LogP contribution in [-0.2, 0) is 0 Å². The number of hydrogen-bond acceptors (Lipinski definition) is 5. The van der Waals surface area contributed by atoms with E-state index in [-0.39, 0.29) is 6.04 Å². The number of nitrogens with one attached hydrogen (secondary N) is 1. The molecule has 0 spiro atoms. The molecule has 7 heteroatoms. The molecule has 1 aliphatic heterocycles. The van der Waals surface area contributed by atoms with Gasteiger partial charge in [-0.05, 0) is 35.2 Å². The van der Waals surface area contributed by atoms with Gasteiger partial charge in [-0.25, -0.2) is 9.36 Å². The Morgan fingerprint density at radius 1 is 0.903 bits per heavy atom. The lowest BCUT2D eigenvalue weighted by molar-refractivity contribution is 0.612. The molecule has 1 atom stereocenters. The quantitative estimate of drug-likeness (QED) is 0.430. The minimum Gasteiger partial charge on any atom is -0.324 e. The molecule has 2 aromatic carbocycles. The summed E-state index contributed by atoms with van der Waals surface area (Å²) in [5, 5.41) is 15.0. The average Bonchev–Trinajstić information content (AvgIpc) is 3.60. The molecule has 3 aromatic heterocycles. The largest absolute Gasteiger partial charge is 0.324 e. The van der Waals surface area contributed by atoms with E-state index in [9.17, 15) is 0 Å². The fourth-order valence-corrected chi connectivity index (χ4v) is 4.59. The third-order valence-corrected chi connectivity index (χ3v) is 6.21. The Bertz CT molecular complexity index is 1350. The van der Waals surface area contributed by atoms with Crippen molar-refractivity contribution in [3.8, 4) is 16.3 Å². The summed E-state index contributed by atoms with van der Waals surface area (Å²) in [4.78, 5) is 5.57. The lowest BCUT2D eigenvalue weighted by Gasteiger charge is -2.24. The number of para-hydroxylation sites is 1. The number of thiophene rings is 1. The number of benzene rings is 2. The first-order valence-corrected chi connectivity index (χ1v) is 10.9. The lowest BCUT2D eigenvalue weighted by atomic mass is 10.0. The molecule has 0 radical (unpaired) electrons. The first-order valence-electron chi connectivity index (χ1n) is 9.99. The van der Waals surface area contributed by atoms with Crippen molar-refractivity contribution in [2.24, 2.45) is 0 Å².